The van der Waals surface area contributed by atoms with Crippen LogP contribution in [0.1, 0.15) is 60.2 Å². The van der Waals surface area contributed by atoms with E-state index in [0.717, 1.165) is 24.2 Å². The summed E-state index contributed by atoms with van der Waals surface area (Å²) in [6.07, 6.45) is 3.72. The summed E-state index contributed by atoms with van der Waals surface area (Å²) in [5.41, 5.74) is 1.26. The molecule has 0 aliphatic carbocycles. The Labute approximate surface area is 214 Å². The summed E-state index contributed by atoms with van der Waals surface area (Å²) in [5.74, 6) is -1.99. The predicted molar refractivity (Wildman–Crippen MR) is 137 cm³/mol. The molecule has 2 heterocycles. The minimum Gasteiger partial charge on any atom is -0.462 e. The third-order valence-electron chi connectivity index (χ3n) is 6.25. The van der Waals surface area contributed by atoms with Gasteiger partial charge in [-0.3, -0.25) is 14.4 Å². The first-order valence-electron chi connectivity index (χ1n) is 12.1. The van der Waals surface area contributed by atoms with Gasteiger partial charge < -0.3 is 15.0 Å². The highest BCUT2D eigenvalue weighted by Gasteiger charge is 2.39. The third-order valence-corrected chi connectivity index (χ3v) is 6.60. The fourth-order valence-corrected chi connectivity index (χ4v) is 4.55. The first-order chi connectivity index (χ1) is 17.3. The van der Waals surface area contributed by atoms with Crippen molar-refractivity contribution in [1.29, 1.82) is 0 Å². The predicted octanol–water partition coefficient (Wildman–Crippen LogP) is 4.70. The molecule has 0 aromatic heterocycles. The number of carbonyl (C=O) groups excluding carboxylic acids is 4. The first-order valence-corrected chi connectivity index (χ1v) is 12.4. The molecular formula is C27H28ClN3O5. The van der Waals surface area contributed by atoms with Crippen LogP contribution >= 0.6 is 11.6 Å². The largest absolute Gasteiger partial charge is 0.462 e. The van der Waals surface area contributed by atoms with E-state index in [0.29, 0.717) is 24.2 Å². The maximum Gasteiger partial charge on any atom is 0.338 e. The Morgan fingerprint density at radius 2 is 1.81 bits per heavy atom. The zero-order valence-electron chi connectivity index (χ0n) is 20.3. The summed E-state index contributed by atoms with van der Waals surface area (Å²) in [6, 6.07) is 13.0. The van der Waals surface area contributed by atoms with Crippen molar-refractivity contribution in [2.24, 2.45) is 0 Å². The van der Waals surface area contributed by atoms with Crippen molar-refractivity contribution in [3.63, 3.8) is 0 Å². The number of piperidine rings is 1. The van der Waals surface area contributed by atoms with Crippen molar-refractivity contribution in [2.45, 2.75) is 45.6 Å². The van der Waals surface area contributed by atoms with E-state index in [9.17, 15) is 19.2 Å². The van der Waals surface area contributed by atoms with Crippen LogP contribution in [0.3, 0.4) is 0 Å². The average molecular weight is 510 g/mol. The van der Waals surface area contributed by atoms with Gasteiger partial charge in [0, 0.05) is 23.8 Å². The smallest absolute Gasteiger partial charge is 0.338 e. The van der Waals surface area contributed by atoms with Crippen molar-refractivity contribution in [3.8, 4) is 0 Å². The molecule has 36 heavy (non-hydrogen) atoms. The monoisotopic (exact) mass is 509 g/mol. The number of nitrogens with zero attached hydrogens (tertiary/aromatic N) is 2. The second-order valence-electron chi connectivity index (χ2n) is 8.87. The Hall–Kier alpha value is -3.65. The number of carbonyl (C=O) groups is 4. The number of halogens is 1. The maximum absolute atomic E-state index is 13.2. The van der Waals surface area contributed by atoms with Crippen LogP contribution in [0.15, 0.2) is 59.3 Å². The van der Waals surface area contributed by atoms with Crippen LogP contribution in [0.5, 0.6) is 0 Å². The van der Waals surface area contributed by atoms with Crippen LogP contribution in [0.4, 0.5) is 11.4 Å². The molecule has 0 saturated carbocycles. The first kappa shape index (κ1) is 25.4. The summed E-state index contributed by atoms with van der Waals surface area (Å²) < 4.78 is 5.14. The third kappa shape index (κ3) is 5.14. The van der Waals surface area contributed by atoms with Crippen LogP contribution in [-0.2, 0) is 14.3 Å². The molecule has 9 heteroatoms. The minimum atomic E-state index is -0.711. The highest BCUT2D eigenvalue weighted by Crippen LogP contribution is 2.31. The Morgan fingerprint density at radius 1 is 1.06 bits per heavy atom. The highest BCUT2D eigenvalue weighted by molar-refractivity contribution is 6.53. The molecule has 3 amide bonds. The van der Waals surface area contributed by atoms with Gasteiger partial charge in [0.1, 0.15) is 10.7 Å². The summed E-state index contributed by atoms with van der Waals surface area (Å²) in [4.78, 5) is 54.2. The van der Waals surface area contributed by atoms with Crippen LogP contribution in [-0.4, -0.2) is 47.8 Å². The van der Waals surface area contributed by atoms with E-state index in [-0.39, 0.29) is 40.5 Å². The number of ether oxygens (including phenoxy) is 1. The summed E-state index contributed by atoms with van der Waals surface area (Å²) in [6.45, 7) is 4.90. The molecule has 2 aromatic carbocycles. The standard InChI is InChI=1S/C27H28ClN3O5/c1-3-14-36-27(35)19-10-7-12-21(16-19)31-25(33)22(28)23(26(31)34)29-20-11-6-9-18(15-20)24(32)30-13-5-4-8-17(30)2/h6-7,9-12,15-17,29H,3-5,8,13-14H2,1-2H3. The lowest BCUT2D eigenvalue weighted by atomic mass is 10.0. The van der Waals surface area contributed by atoms with Crippen molar-refractivity contribution >= 4 is 46.7 Å². The summed E-state index contributed by atoms with van der Waals surface area (Å²) in [5, 5.41) is 2.64. The van der Waals surface area contributed by atoms with E-state index in [1.54, 1.807) is 42.5 Å². The number of likely N-dealkylation sites (tertiary alicyclic amines) is 1. The van der Waals surface area contributed by atoms with Gasteiger partial charge in [-0.15, -0.1) is 0 Å². The fourth-order valence-electron chi connectivity index (χ4n) is 4.34. The van der Waals surface area contributed by atoms with Crippen molar-refractivity contribution in [2.75, 3.05) is 23.4 Å². The summed E-state index contributed by atoms with van der Waals surface area (Å²) in [7, 11) is 0. The Balaban J connectivity index is 1.53. The molecule has 4 rings (SSSR count). The second kappa shape index (κ2) is 11.0. The molecule has 188 valence electrons. The molecule has 0 spiro atoms. The van der Waals surface area contributed by atoms with Gasteiger partial charge in [-0.2, -0.15) is 0 Å². The molecule has 2 aromatic rings. The number of hydrogen-bond acceptors (Lipinski definition) is 6. The van der Waals surface area contributed by atoms with Crippen molar-refractivity contribution in [1.82, 2.24) is 4.90 Å². The SMILES string of the molecule is CCCOC(=O)c1cccc(N2C(=O)C(Cl)=C(Nc3cccc(C(=O)N4CCCCC4C)c3)C2=O)c1. The van der Waals surface area contributed by atoms with Gasteiger partial charge in [0.15, 0.2) is 0 Å². The van der Waals surface area contributed by atoms with Crippen molar-refractivity contribution in [3.05, 3.63) is 70.4 Å². The lowest BCUT2D eigenvalue weighted by Crippen LogP contribution is -2.42. The van der Waals surface area contributed by atoms with E-state index in [2.05, 4.69) is 5.32 Å². The number of amides is 3. The van der Waals surface area contributed by atoms with Gasteiger partial charge in [0.2, 0.25) is 0 Å². The number of rotatable bonds is 7. The average Bonchev–Trinajstić information content (AvgIpc) is 3.10. The van der Waals surface area contributed by atoms with Crippen molar-refractivity contribution < 1.29 is 23.9 Å². The number of anilines is 2. The normalized spacial score (nSPS) is 18.0. The number of benzene rings is 2. The van der Waals surface area contributed by atoms with Gasteiger partial charge in [-0.1, -0.05) is 30.7 Å². The lowest BCUT2D eigenvalue weighted by Gasteiger charge is -2.33. The topological polar surface area (TPSA) is 96.0 Å². The number of hydrogen-bond donors (Lipinski definition) is 1. The van der Waals surface area contributed by atoms with Gasteiger partial charge >= 0.3 is 5.97 Å². The Morgan fingerprint density at radius 3 is 2.56 bits per heavy atom. The van der Waals surface area contributed by atoms with E-state index in [1.165, 1.54) is 6.07 Å². The van der Waals surface area contributed by atoms with Gasteiger partial charge in [-0.05, 0) is 69.0 Å². The fraction of sp³-hybridized carbons (Fsp3) is 0.333. The molecule has 2 aliphatic heterocycles. The molecule has 0 bridgehead atoms. The number of imide groups is 1. The van der Waals surface area contributed by atoms with Gasteiger partial charge in [0.05, 0.1) is 17.9 Å². The van der Waals surface area contributed by atoms with E-state index >= 15 is 0 Å². The Bertz CT molecular complexity index is 1240. The van der Waals surface area contributed by atoms with Crippen LogP contribution in [0, 0.1) is 0 Å². The van der Waals surface area contributed by atoms with E-state index < -0.39 is 17.8 Å². The maximum atomic E-state index is 13.2. The quantitative estimate of drug-likeness (QED) is 0.429. The summed E-state index contributed by atoms with van der Waals surface area (Å²) >= 11 is 6.27. The molecule has 1 N–H and O–H groups in total. The zero-order chi connectivity index (χ0) is 25.8. The van der Waals surface area contributed by atoms with Crippen LogP contribution < -0.4 is 10.2 Å². The zero-order valence-corrected chi connectivity index (χ0v) is 21.0. The van der Waals surface area contributed by atoms with Crippen LogP contribution in [0.25, 0.3) is 0 Å². The highest BCUT2D eigenvalue weighted by atomic mass is 35.5. The van der Waals surface area contributed by atoms with Gasteiger partial charge in [0.25, 0.3) is 17.7 Å². The van der Waals surface area contributed by atoms with E-state index in [1.807, 2.05) is 18.7 Å². The molecule has 0 radical (unpaired) electrons. The van der Waals surface area contributed by atoms with E-state index in [4.69, 9.17) is 16.3 Å². The van der Waals surface area contributed by atoms with Crippen LogP contribution in [0.2, 0.25) is 0 Å². The minimum absolute atomic E-state index is 0.0758. The molecular weight excluding hydrogens is 482 g/mol. The molecule has 1 atom stereocenters. The number of esters is 1. The molecule has 2 aliphatic rings. The molecule has 1 saturated heterocycles. The molecule has 8 nitrogen and oxygen atoms in total. The molecule has 1 fully saturated rings. The van der Waals surface area contributed by atoms with Gasteiger partial charge in [-0.25, -0.2) is 9.69 Å². The molecule has 1 unspecified atom stereocenters. The Kier molecular flexibility index (Phi) is 7.74. The second-order valence-corrected chi connectivity index (χ2v) is 9.25. The number of nitrogens with one attached hydrogen (secondary N) is 1. The lowest BCUT2D eigenvalue weighted by molar-refractivity contribution is -0.120.